The van der Waals surface area contributed by atoms with E-state index in [4.69, 9.17) is 18.0 Å². The number of hydrogen-bond donors (Lipinski definition) is 2. The molecule has 0 aliphatic rings. The first-order chi connectivity index (χ1) is 9.90. The van der Waals surface area contributed by atoms with E-state index in [9.17, 15) is 9.18 Å². The average molecular weight is 367 g/mol. The fourth-order valence-electron chi connectivity index (χ4n) is 1.81. The first-order valence-corrected chi connectivity index (χ1v) is 7.26. The summed E-state index contributed by atoms with van der Waals surface area (Å²) in [5, 5.41) is 2.68. The summed E-state index contributed by atoms with van der Waals surface area (Å²) in [6.45, 7) is 1.83. The summed E-state index contributed by atoms with van der Waals surface area (Å²) in [7, 11) is 0. The first kappa shape index (κ1) is 15.6. The summed E-state index contributed by atoms with van der Waals surface area (Å²) in [6.07, 6.45) is 0. The topological polar surface area (TPSA) is 55.1 Å². The lowest BCUT2D eigenvalue weighted by molar-refractivity contribution is 0.102. The summed E-state index contributed by atoms with van der Waals surface area (Å²) < 4.78 is 14.2. The number of halogens is 2. The van der Waals surface area contributed by atoms with Crippen LogP contribution in [0.25, 0.3) is 0 Å². The van der Waals surface area contributed by atoms with Crippen molar-refractivity contribution < 1.29 is 9.18 Å². The zero-order valence-electron chi connectivity index (χ0n) is 11.1. The summed E-state index contributed by atoms with van der Waals surface area (Å²) in [4.78, 5) is 12.5. The molecule has 0 aromatic heterocycles. The van der Waals surface area contributed by atoms with Crippen molar-refractivity contribution in [3.05, 3.63) is 63.4 Å². The molecule has 0 bridgehead atoms. The molecule has 2 aromatic rings. The van der Waals surface area contributed by atoms with Gasteiger partial charge in [-0.3, -0.25) is 4.79 Å². The zero-order valence-corrected chi connectivity index (χ0v) is 13.5. The van der Waals surface area contributed by atoms with Crippen molar-refractivity contribution in [1.82, 2.24) is 0 Å². The number of nitrogens with one attached hydrogen (secondary N) is 1. The number of hydrogen-bond acceptors (Lipinski definition) is 2. The van der Waals surface area contributed by atoms with E-state index in [1.165, 1.54) is 12.1 Å². The molecule has 0 fully saturated rings. The maximum atomic E-state index is 13.8. The Morgan fingerprint density at radius 3 is 2.67 bits per heavy atom. The van der Waals surface area contributed by atoms with Crippen molar-refractivity contribution in [2.45, 2.75) is 6.92 Å². The lowest BCUT2D eigenvalue weighted by Crippen LogP contribution is -2.16. The lowest BCUT2D eigenvalue weighted by Gasteiger charge is -2.11. The van der Waals surface area contributed by atoms with Gasteiger partial charge in [0.05, 0.1) is 5.56 Å². The van der Waals surface area contributed by atoms with Gasteiger partial charge >= 0.3 is 0 Å². The molecule has 0 unspecified atom stereocenters. The highest BCUT2D eigenvalue weighted by atomic mass is 79.9. The molecule has 3 nitrogen and oxygen atoms in total. The fourth-order valence-corrected chi connectivity index (χ4v) is 2.46. The van der Waals surface area contributed by atoms with Crippen molar-refractivity contribution in [3.63, 3.8) is 0 Å². The molecular formula is C15H12BrFN2OS. The molecule has 2 aromatic carbocycles. The number of carbonyl (C=O) groups is 1. The van der Waals surface area contributed by atoms with E-state index in [1.54, 1.807) is 24.3 Å². The molecule has 108 valence electrons. The van der Waals surface area contributed by atoms with Crippen LogP contribution in [-0.4, -0.2) is 10.9 Å². The fraction of sp³-hybridized carbons (Fsp3) is 0.0667. The SMILES string of the molecule is Cc1ccc(C(N)=S)cc1NC(=O)c1c(F)cccc1Br. The third-order valence-corrected chi connectivity index (χ3v) is 3.86. The van der Waals surface area contributed by atoms with E-state index >= 15 is 0 Å². The van der Waals surface area contributed by atoms with Gasteiger partial charge in [-0.05, 0) is 46.6 Å². The number of carbonyl (C=O) groups excluding carboxylic acids is 1. The van der Waals surface area contributed by atoms with E-state index in [1.807, 2.05) is 6.92 Å². The monoisotopic (exact) mass is 366 g/mol. The van der Waals surface area contributed by atoms with E-state index in [0.29, 0.717) is 15.7 Å². The first-order valence-electron chi connectivity index (χ1n) is 6.06. The second kappa shape index (κ2) is 6.32. The maximum Gasteiger partial charge on any atom is 0.259 e. The van der Waals surface area contributed by atoms with Gasteiger partial charge in [0.2, 0.25) is 0 Å². The number of benzene rings is 2. The molecule has 0 atom stereocenters. The minimum absolute atomic E-state index is 0.0439. The van der Waals surface area contributed by atoms with Gasteiger partial charge in [0.15, 0.2) is 0 Å². The van der Waals surface area contributed by atoms with Gasteiger partial charge in [0.1, 0.15) is 10.8 Å². The predicted octanol–water partition coefficient (Wildman–Crippen LogP) is 3.78. The van der Waals surface area contributed by atoms with Gasteiger partial charge in [-0.1, -0.05) is 30.4 Å². The molecule has 21 heavy (non-hydrogen) atoms. The number of thiocarbonyl (C=S) groups is 1. The van der Waals surface area contributed by atoms with Crippen LogP contribution in [0.15, 0.2) is 40.9 Å². The van der Waals surface area contributed by atoms with Crippen molar-refractivity contribution in [3.8, 4) is 0 Å². The van der Waals surface area contributed by atoms with Gasteiger partial charge in [0, 0.05) is 15.7 Å². The molecule has 0 saturated carbocycles. The summed E-state index contributed by atoms with van der Waals surface area (Å²) >= 11 is 8.09. The molecule has 0 aliphatic heterocycles. The normalized spacial score (nSPS) is 10.2. The van der Waals surface area contributed by atoms with Crippen LogP contribution >= 0.6 is 28.1 Å². The summed E-state index contributed by atoms with van der Waals surface area (Å²) in [5.74, 6) is -1.13. The van der Waals surface area contributed by atoms with Crippen LogP contribution in [0.4, 0.5) is 10.1 Å². The van der Waals surface area contributed by atoms with E-state index in [2.05, 4.69) is 21.2 Å². The summed E-state index contributed by atoms with van der Waals surface area (Å²) in [5.41, 5.74) is 7.54. The van der Waals surface area contributed by atoms with Crippen molar-refractivity contribution in [2.24, 2.45) is 5.73 Å². The minimum Gasteiger partial charge on any atom is -0.389 e. The number of aryl methyl sites for hydroxylation is 1. The zero-order chi connectivity index (χ0) is 15.6. The predicted molar refractivity (Wildman–Crippen MR) is 89.1 cm³/mol. The third kappa shape index (κ3) is 3.46. The average Bonchev–Trinajstić information content (AvgIpc) is 2.40. The lowest BCUT2D eigenvalue weighted by atomic mass is 10.1. The standard InChI is InChI=1S/C15H12BrFN2OS/c1-8-5-6-9(14(18)21)7-12(8)19-15(20)13-10(16)3-2-4-11(13)17/h2-7H,1H3,(H2,18,21)(H,19,20). The Bertz CT molecular complexity index is 713. The molecule has 6 heteroatoms. The van der Waals surface area contributed by atoms with E-state index in [0.717, 1.165) is 5.56 Å². The van der Waals surface area contributed by atoms with Crippen LogP contribution in [0.2, 0.25) is 0 Å². The van der Waals surface area contributed by atoms with Crippen LogP contribution in [-0.2, 0) is 0 Å². The molecule has 0 saturated heterocycles. The Balaban J connectivity index is 2.36. The van der Waals surface area contributed by atoms with Crippen LogP contribution in [0, 0.1) is 12.7 Å². The van der Waals surface area contributed by atoms with Crippen molar-refractivity contribution in [2.75, 3.05) is 5.32 Å². The van der Waals surface area contributed by atoms with Crippen LogP contribution < -0.4 is 11.1 Å². The molecule has 0 radical (unpaired) electrons. The third-order valence-electron chi connectivity index (χ3n) is 2.96. The molecule has 0 spiro atoms. The van der Waals surface area contributed by atoms with Crippen LogP contribution in [0.1, 0.15) is 21.5 Å². The molecule has 0 aliphatic carbocycles. The molecule has 2 rings (SSSR count). The number of nitrogens with two attached hydrogens (primary N) is 1. The second-order valence-electron chi connectivity index (χ2n) is 4.44. The van der Waals surface area contributed by atoms with Gasteiger partial charge in [0.25, 0.3) is 5.91 Å². The Hall–Kier alpha value is -1.79. The van der Waals surface area contributed by atoms with Crippen LogP contribution in [0.3, 0.4) is 0 Å². The Labute approximate surface area is 135 Å². The highest BCUT2D eigenvalue weighted by Gasteiger charge is 2.16. The highest BCUT2D eigenvalue weighted by molar-refractivity contribution is 9.10. The Morgan fingerprint density at radius 1 is 1.33 bits per heavy atom. The second-order valence-corrected chi connectivity index (χ2v) is 5.74. The minimum atomic E-state index is -0.593. The molecular weight excluding hydrogens is 355 g/mol. The van der Waals surface area contributed by atoms with Crippen molar-refractivity contribution in [1.29, 1.82) is 0 Å². The van der Waals surface area contributed by atoms with Gasteiger partial charge in [-0.2, -0.15) is 0 Å². The molecule has 1 amide bonds. The largest absolute Gasteiger partial charge is 0.389 e. The van der Waals surface area contributed by atoms with Gasteiger partial charge in [-0.25, -0.2) is 4.39 Å². The maximum absolute atomic E-state index is 13.8. The molecule has 3 N–H and O–H groups in total. The smallest absolute Gasteiger partial charge is 0.259 e. The quantitative estimate of drug-likeness (QED) is 0.812. The van der Waals surface area contributed by atoms with Gasteiger partial charge < -0.3 is 11.1 Å². The summed E-state index contributed by atoms with van der Waals surface area (Å²) in [6, 6.07) is 9.60. The van der Waals surface area contributed by atoms with E-state index < -0.39 is 11.7 Å². The highest BCUT2D eigenvalue weighted by Crippen LogP contribution is 2.23. The number of anilines is 1. The Morgan fingerprint density at radius 2 is 2.05 bits per heavy atom. The van der Waals surface area contributed by atoms with E-state index in [-0.39, 0.29) is 10.6 Å². The molecule has 0 heterocycles. The van der Waals surface area contributed by atoms with Gasteiger partial charge in [-0.15, -0.1) is 0 Å². The number of rotatable bonds is 3. The van der Waals surface area contributed by atoms with Crippen LogP contribution in [0.5, 0.6) is 0 Å². The Kier molecular flexibility index (Phi) is 4.69. The number of amides is 1. The van der Waals surface area contributed by atoms with Crippen molar-refractivity contribution >= 4 is 44.7 Å².